The zero-order valence-corrected chi connectivity index (χ0v) is 18.0. The number of nitrogens with one attached hydrogen (secondary N) is 2. The minimum atomic E-state index is -0.466. The van der Waals surface area contributed by atoms with E-state index in [-0.39, 0.29) is 4.77 Å². The van der Waals surface area contributed by atoms with Crippen molar-refractivity contribution in [1.82, 2.24) is 9.97 Å². The second kappa shape index (κ2) is 8.61. The minimum absolute atomic E-state index is 0.265. The molecular formula is C23H22N4O3S. The maximum absolute atomic E-state index is 12.6. The van der Waals surface area contributed by atoms with Gasteiger partial charge >= 0.3 is 5.97 Å². The number of aromatic amines is 1. The monoisotopic (exact) mass is 434 g/mol. The predicted octanol–water partition coefficient (Wildman–Crippen LogP) is 4.30. The maximum atomic E-state index is 12.6. The van der Waals surface area contributed by atoms with Gasteiger partial charge in [-0.3, -0.25) is 0 Å². The smallest absolute Gasteiger partial charge is 0.336 e. The van der Waals surface area contributed by atoms with E-state index >= 15 is 0 Å². The molecule has 1 aliphatic rings. The average molecular weight is 435 g/mol. The van der Waals surface area contributed by atoms with Gasteiger partial charge in [0.2, 0.25) is 0 Å². The van der Waals surface area contributed by atoms with Crippen molar-refractivity contribution in [2.75, 3.05) is 18.2 Å². The molecule has 158 valence electrons. The summed E-state index contributed by atoms with van der Waals surface area (Å²) >= 11 is 5.16. The lowest BCUT2D eigenvalue weighted by molar-refractivity contribution is -0.136. The first kappa shape index (κ1) is 20.6. The topological polar surface area (TPSA) is 102 Å². The molecule has 1 aliphatic heterocycles. The summed E-state index contributed by atoms with van der Waals surface area (Å²) in [6.07, 6.45) is 0. The molecule has 1 atom stereocenters. The molecule has 8 heteroatoms. The quantitative estimate of drug-likeness (QED) is 0.406. The third-order valence-corrected chi connectivity index (χ3v) is 5.35. The number of carbonyl (C=O) groups is 1. The third kappa shape index (κ3) is 4.15. The molecule has 0 saturated heterocycles. The fraction of sp³-hybridized carbons (Fsp3) is 0.174. The van der Waals surface area contributed by atoms with Gasteiger partial charge in [-0.1, -0.05) is 42.5 Å². The van der Waals surface area contributed by atoms with Gasteiger partial charge in [-0.2, -0.15) is 0 Å². The summed E-state index contributed by atoms with van der Waals surface area (Å²) in [6, 6.07) is 17.5. The molecule has 4 rings (SSSR count). The number of nitrogen functional groups attached to an aromatic ring is 1. The molecular weight excluding hydrogens is 412 g/mol. The van der Waals surface area contributed by atoms with E-state index in [0.29, 0.717) is 35.1 Å². The number of carbonyl (C=O) groups excluding carboxylic acids is 1. The number of hydrogen-bond acceptors (Lipinski definition) is 7. The van der Waals surface area contributed by atoms with E-state index in [1.807, 2.05) is 54.6 Å². The summed E-state index contributed by atoms with van der Waals surface area (Å²) in [6.45, 7) is 2.27. The van der Waals surface area contributed by atoms with Crippen LogP contribution in [-0.4, -0.2) is 23.0 Å². The van der Waals surface area contributed by atoms with Crippen LogP contribution in [0.25, 0.3) is 0 Å². The number of fused-ring (bicyclic) bond motifs is 1. The predicted molar refractivity (Wildman–Crippen MR) is 121 cm³/mol. The van der Waals surface area contributed by atoms with Crippen molar-refractivity contribution in [3.8, 4) is 5.75 Å². The summed E-state index contributed by atoms with van der Waals surface area (Å²) in [5.74, 6) is 0.699. The number of rotatable bonds is 5. The van der Waals surface area contributed by atoms with Crippen LogP contribution >= 0.6 is 12.2 Å². The van der Waals surface area contributed by atoms with Crippen molar-refractivity contribution in [3.63, 3.8) is 0 Å². The molecule has 0 aliphatic carbocycles. The number of benzene rings is 2. The maximum Gasteiger partial charge on any atom is 0.336 e. The summed E-state index contributed by atoms with van der Waals surface area (Å²) in [5, 5.41) is 3.13. The molecule has 0 fully saturated rings. The summed E-state index contributed by atoms with van der Waals surface area (Å²) in [5.41, 5.74) is 9.95. The Morgan fingerprint density at radius 3 is 2.55 bits per heavy atom. The van der Waals surface area contributed by atoms with E-state index in [0.717, 1.165) is 16.9 Å². The van der Waals surface area contributed by atoms with Crippen LogP contribution < -0.4 is 15.8 Å². The molecule has 7 nitrogen and oxygen atoms in total. The molecule has 2 aromatic carbocycles. The third-order valence-electron chi connectivity index (χ3n) is 5.15. The molecule has 0 spiro atoms. The minimum Gasteiger partial charge on any atom is -0.489 e. The molecule has 3 aromatic rings. The second-order valence-electron chi connectivity index (χ2n) is 7.15. The lowest BCUT2D eigenvalue weighted by Crippen LogP contribution is -2.26. The van der Waals surface area contributed by atoms with E-state index in [9.17, 15) is 4.79 Å². The highest BCUT2D eigenvalue weighted by Gasteiger charge is 2.35. The first-order chi connectivity index (χ1) is 15.0. The Morgan fingerprint density at radius 1 is 1.16 bits per heavy atom. The van der Waals surface area contributed by atoms with Crippen molar-refractivity contribution in [1.29, 1.82) is 0 Å². The van der Waals surface area contributed by atoms with Crippen molar-refractivity contribution < 1.29 is 14.3 Å². The molecule has 2 heterocycles. The highest BCUT2D eigenvalue weighted by atomic mass is 32.1. The van der Waals surface area contributed by atoms with Gasteiger partial charge in [-0.15, -0.1) is 0 Å². The van der Waals surface area contributed by atoms with E-state index in [2.05, 4.69) is 15.3 Å². The van der Waals surface area contributed by atoms with Gasteiger partial charge in [-0.25, -0.2) is 9.78 Å². The van der Waals surface area contributed by atoms with Gasteiger partial charge in [0.15, 0.2) is 4.77 Å². The molecule has 1 unspecified atom stereocenters. The molecule has 4 N–H and O–H groups in total. The lowest BCUT2D eigenvalue weighted by atomic mass is 9.82. The molecule has 31 heavy (non-hydrogen) atoms. The number of aromatic nitrogens is 2. The van der Waals surface area contributed by atoms with Gasteiger partial charge in [0.1, 0.15) is 24.0 Å². The number of nitrogens with zero attached hydrogens (tertiary/aromatic N) is 1. The van der Waals surface area contributed by atoms with Crippen LogP contribution in [0.5, 0.6) is 5.75 Å². The van der Waals surface area contributed by atoms with Crippen molar-refractivity contribution in [2.45, 2.75) is 19.4 Å². The molecule has 1 aromatic heterocycles. The normalized spacial score (nSPS) is 15.1. The molecule has 0 bridgehead atoms. The number of ether oxygens (including phenoxy) is 2. The van der Waals surface area contributed by atoms with Crippen molar-refractivity contribution in [2.24, 2.45) is 0 Å². The Hall–Kier alpha value is -3.65. The molecule has 0 saturated carbocycles. The molecule has 0 amide bonds. The number of nitrogens with two attached hydrogens (primary N) is 1. The van der Waals surface area contributed by atoms with Crippen LogP contribution in [0.4, 0.5) is 11.6 Å². The van der Waals surface area contributed by atoms with Crippen LogP contribution in [0, 0.1) is 4.77 Å². The van der Waals surface area contributed by atoms with Crippen molar-refractivity contribution >= 4 is 29.8 Å². The number of anilines is 2. The Labute approximate surface area is 184 Å². The first-order valence-corrected chi connectivity index (χ1v) is 10.1. The number of esters is 1. The Kier molecular flexibility index (Phi) is 5.73. The highest BCUT2D eigenvalue weighted by Crippen LogP contribution is 2.43. The van der Waals surface area contributed by atoms with Crippen LogP contribution in [0.2, 0.25) is 0 Å². The summed E-state index contributed by atoms with van der Waals surface area (Å²) in [7, 11) is 1.36. The van der Waals surface area contributed by atoms with Gasteiger partial charge in [-0.05, 0) is 42.4 Å². The fourth-order valence-corrected chi connectivity index (χ4v) is 3.91. The van der Waals surface area contributed by atoms with Gasteiger partial charge in [0, 0.05) is 11.3 Å². The Bertz CT molecular complexity index is 1200. The van der Waals surface area contributed by atoms with Crippen molar-refractivity contribution in [3.05, 3.63) is 87.3 Å². The van der Waals surface area contributed by atoms with Crippen LogP contribution in [0.3, 0.4) is 0 Å². The Balaban J connectivity index is 1.70. The first-order valence-electron chi connectivity index (χ1n) is 9.70. The van der Waals surface area contributed by atoms with Crippen LogP contribution in [0.1, 0.15) is 29.5 Å². The zero-order valence-electron chi connectivity index (χ0n) is 17.1. The number of hydrogen-bond donors (Lipinski definition) is 3. The van der Waals surface area contributed by atoms with E-state index in [4.69, 9.17) is 27.4 Å². The van der Waals surface area contributed by atoms with Gasteiger partial charge in [0.05, 0.1) is 18.6 Å². The number of allylic oxidation sites excluding steroid dienone is 1. The lowest BCUT2D eigenvalue weighted by Gasteiger charge is -2.30. The average Bonchev–Trinajstić information content (AvgIpc) is 2.77. The van der Waals surface area contributed by atoms with Crippen LogP contribution in [0.15, 0.2) is 65.9 Å². The van der Waals surface area contributed by atoms with Gasteiger partial charge < -0.3 is 25.5 Å². The summed E-state index contributed by atoms with van der Waals surface area (Å²) < 4.78 is 11.2. The van der Waals surface area contributed by atoms with E-state index in [1.54, 1.807) is 6.92 Å². The van der Waals surface area contributed by atoms with Crippen LogP contribution in [-0.2, 0) is 16.1 Å². The highest BCUT2D eigenvalue weighted by molar-refractivity contribution is 7.71. The number of methoxy groups -OCH3 is 1. The summed E-state index contributed by atoms with van der Waals surface area (Å²) in [4.78, 5) is 19.9. The SMILES string of the molecule is COC(=O)C1=C(C)Nc2nc(=S)[nH]c(N)c2C1c1ccc(OCc2ccccc2)cc1. The fourth-order valence-electron chi connectivity index (χ4n) is 3.70. The largest absolute Gasteiger partial charge is 0.489 e. The second-order valence-corrected chi connectivity index (χ2v) is 7.54. The zero-order chi connectivity index (χ0) is 22.0. The van der Waals surface area contributed by atoms with E-state index < -0.39 is 11.9 Å². The number of H-pyrrole nitrogens is 1. The molecule has 0 radical (unpaired) electrons. The van der Waals surface area contributed by atoms with E-state index in [1.165, 1.54) is 7.11 Å². The van der Waals surface area contributed by atoms with Gasteiger partial charge in [0.25, 0.3) is 0 Å². The standard InChI is InChI=1S/C23H22N4O3S/c1-13-17(22(28)29-2)18(19-20(24)26-23(31)27-21(19)25-13)15-8-10-16(11-9-15)30-12-14-6-4-3-5-7-14/h3-11,18H,12H2,1-2H3,(H4,24,25,26,27,31). The Morgan fingerprint density at radius 2 is 1.87 bits per heavy atom.